The molecule has 0 aliphatic rings. The zero-order valence-corrected chi connectivity index (χ0v) is 12.4. The molecule has 0 bridgehead atoms. The van der Waals surface area contributed by atoms with Crippen LogP contribution < -0.4 is 0 Å². The van der Waals surface area contributed by atoms with Crippen molar-refractivity contribution < 1.29 is 9.18 Å². The van der Waals surface area contributed by atoms with Crippen LogP contribution in [-0.2, 0) is 0 Å². The first-order valence-electron chi connectivity index (χ1n) is 6.40. The Morgan fingerprint density at radius 2 is 1.86 bits per heavy atom. The van der Waals surface area contributed by atoms with Gasteiger partial charge in [0.1, 0.15) is 11.7 Å². The van der Waals surface area contributed by atoms with E-state index in [9.17, 15) is 14.4 Å². The topological polar surface area (TPSA) is 40.9 Å². The SMILES string of the molecule is Cc1cc(C)cc(C(=O)C(C#N)c2c(F)cccc2Cl)c1. The predicted octanol–water partition coefficient (Wildman–Crippen LogP) is 4.59. The van der Waals surface area contributed by atoms with Crippen molar-refractivity contribution >= 4 is 17.4 Å². The fourth-order valence-electron chi connectivity index (χ4n) is 2.32. The molecule has 0 amide bonds. The van der Waals surface area contributed by atoms with Crippen molar-refractivity contribution in [2.24, 2.45) is 0 Å². The van der Waals surface area contributed by atoms with E-state index in [-0.39, 0.29) is 10.6 Å². The highest BCUT2D eigenvalue weighted by molar-refractivity contribution is 6.31. The van der Waals surface area contributed by atoms with Crippen LogP contribution in [0.4, 0.5) is 4.39 Å². The maximum absolute atomic E-state index is 13.9. The maximum atomic E-state index is 13.9. The second-order valence-corrected chi connectivity index (χ2v) is 5.35. The highest BCUT2D eigenvalue weighted by Gasteiger charge is 2.27. The van der Waals surface area contributed by atoms with E-state index in [0.717, 1.165) is 11.1 Å². The number of nitrogens with zero attached hydrogens (tertiary/aromatic N) is 1. The molecule has 0 aromatic heterocycles. The summed E-state index contributed by atoms with van der Waals surface area (Å²) in [5, 5.41) is 9.39. The van der Waals surface area contributed by atoms with Gasteiger partial charge in [0.2, 0.25) is 0 Å². The molecule has 0 fully saturated rings. The minimum atomic E-state index is -1.25. The molecule has 0 aliphatic heterocycles. The molecule has 0 aliphatic carbocycles. The largest absolute Gasteiger partial charge is 0.292 e. The summed E-state index contributed by atoms with van der Waals surface area (Å²) in [5.74, 6) is -2.34. The van der Waals surface area contributed by atoms with Gasteiger partial charge in [-0.3, -0.25) is 4.79 Å². The summed E-state index contributed by atoms with van der Waals surface area (Å²) < 4.78 is 13.9. The average molecular weight is 302 g/mol. The number of rotatable bonds is 3. The molecule has 0 heterocycles. The smallest absolute Gasteiger partial charge is 0.184 e. The highest BCUT2D eigenvalue weighted by Crippen LogP contribution is 2.30. The summed E-state index contributed by atoms with van der Waals surface area (Å²) in [7, 11) is 0. The van der Waals surface area contributed by atoms with Gasteiger partial charge in [-0.15, -0.1) is 0 Å². The van der Waals surface area contributed by atoms with E-state index < -0.39 is 17.5 Å². The van der Waals surface area contributed by atoms with Gasteiger partial charge in [0, 0.05) is 16.1 Å². The summed E-state index contributed by atoms with van der Waals surface area (Å²) in [6.07, 6.45) is 0. The third-order valence-electron chi connectivity index (χ3n) is 3.19. The van der Waals surface area contributed by atoms with Crippen LogP contribution in [0.25, 0.3) is 0 Å². The minimum absolute atomic E-state index is 0.0641. The predicted molar refractivity (Wildman–Crippen MR) is 80.0 cm³/mol. The van der Waals surface area contributed by atoms with Crippen molar-refractivity contribution in [3.05, 3.63) is 69.5 Å². The van der Waals surface area contributed by atoms with Crippen LogP contribution in [0.3, 0.4) is 0 Å². The van der Waals surface area contributed by atoms with Crippen LogP contribution in [0.2, 0.25) is 5.02 Å². The van der Waals surface area contributed by atoms with E-state index in [4.69, 9.17) is 11.6 Å². The van der Waals surface area contributed by atoms with Gasteiger partial charge in [-0.2, -0.15) is 5.26 Å². The fraction of sp³-hybridized carbons (Fsp3) is 0.176. The second kappa shape index (κ2) is 6.07. The van der Waals surface area contributed by atoms with E-state index in [1.165, 1.54) is 18.2 Å². The maximum Gasteiger partial charge on any atom is 0.184 e. The number of ketones is 1. The van der Waals surface area contributed by atoms with E-state index in [1.54, 1.807) is 12.1 Å². The van der Waals surface area contributed by atoms with Gasteiger partial charge >= 0.3 is 0 Å². The van der Waals surface area contributed by atoms with Crippen molar-refractivity contribution in [2.45, 2.75) is 19.8 Å². The van der Waals surface area contributed by atoms with Gasteiger partial charge in [-0.1, -0.05) is 34.9 Å². The molecule has 0 N–H and O–H groups in total. The number of carbonyl (C=O) groups excluding carboxylic acids is 1. The van der Waals surface area contributed by atoms with Crippen LogP contribution in [0.5, 0.6) is 0 Å². The number of Topliss-reactive ketones (excluding diaryl/α,β-unsaturated/α-hetero) is 1. The lowest BCUT2D eigenvalue weighted by molar-refractivity contribution is 0.0977. The first kappa shape index (κ1) is 15.2. The van der Waals surface area contributed by atoms with Gasteiger partial charge in [0.05, 0.1) is 6.07 Å². The lowest BCUT2D eigenvalue weighted by atomic mass is 9.90. The van der Waals surface area contributed by atoms with E-state index >= 15 is 0 Å². The van der Waals surface area contributed by atoms with Crippen molar-refractivity contribution in [1.82, 2.24) is 0 Å². The molecular weight excluding hydrogens is 289 g/mol. The molecule has 2 nitrogen and oxygen atoms in total. The zero-order chi connectivity index (χ0) is 15.6. The molecule has 0 saturated carbocycles. The molecule has 0 spiro atoms. The van der Waals surface area contributed by atoms with Crippen molar-refractivity contribution in [1.29, 1.82) is 5.26 Å². The van der Waals surface area contributed by atoms with E-state index in [2.05, 4.69) is 0 Å². The summed E-state index contributed by atoms with van der Waals surface area (Å²) in [5.41, 5.74) is 2.15. The lowest BCUT2D eigenvalue weighted by Crippen LogP contribution is -2.14. The van der Waals surface area contributed by atoms with E-state index in [1.807, 2.05) is 26.0 Å². The van der Waals surface area contributed by atoms with Crippen LogP contribution in [0, 0.1) is 31.0 Å². The summed E-state index contributed by atoms with van der Waals surface area (Å²) >= 11 is 5.95. The first-order chi connectivity index (χ1) is 9.93. The number of nitriles is 1. The Morgan fingerprint density at radius 1 is 1.24 bits per heavy atom. The monoisotopic (exact) mass is 301 g/mol. The Kier molecular flexibility index (Phi) is 4.40. The molecule has 106 valence electrons. The average Bonchev–Trinajstić information content (AvgIpc) is 2.41. The Morgan fingerprint density at radius 3 is 2.38 bits per heavy atom. The highest BCUT2D eigenvalue weighted by atomic mass is 35.5. The molecule has 2 aromatic rings. The zero-order valence-electron chi connectivity index (χ0n) is 11.7. The molecule has 1 unspecified atom stereocenters. The fourth-order valence-corrected chi connectivity index (χ4v) is 2.60. The van der Waals surface area contributed by atoms with Crippen molar-refractivity contribution in [3.63, 3.8) is 0 Å². The number of hydrogen-bond acceptors (Lipinski definition) is 2. The van der Waals surface area contributed by atoms with Crippen LogP contribution in [0.15, 0.2) is 36.4 Å². The molecule has 0 saturated heterocycles. The summed E-state index contributed by atoms with van der Waals surface area (Å²) in [4.78, 5) is 12.5. The Balaban J connectivity index is 2.52. The van der Waals surface area contributed by atoms with Crippen LogP contribution in [0.1, 0.15) is 33.0 Å². The van der Waals surface area contributed by atoms with Gasteiger partial charge in [0.15, 0.2) is 5.78 Å². The minimum Gasteiger partial charge on any atom is -0.292 e. The van der Waals surface area contributed by atoms with Gasteiger partial charge in [0.25, 0.3) is 0 Å². The normalized spacial score (nSPS) is 11.8. The summed E-state index contributed by atoms with van der Waals surface area (Å²) in [6.45, 7) is 3.72. The molecular formula is C17H13ClFNO. The van der Waals surface area contributed by atoms with Crippen molar-refractivity contribution in [3.8, 4) is 6.07 Å². The van der Waals surface area contributed by atoms with Crippen LogP contribution >= 0.6 is 11.6 Å². The van der Waals surface area contributed by atoms with Crippen LogP contribution in [-0.4, -0.2) is 5.78 Å². The Labute approximate surface area is 127 Å². The summed E-state index contributed by atoms with van der Waals surface area (Å²) in [6, 6.07) is 11.3. The lowest BCUT2D eigenvalue weighted by Gasteiger charge is -2.12. The number of carbonyl (C=O) groups is 1. The first-order valence-corrected chi connectivity index (χ1v) is 6.78. The molecule has 1 atom stereocenters. The van der Waals surface area contributed by atoms with Gasteiger partial charge in [-0.05, 0) is 38.1 Å². The second-order valence-electron chi connectivity index (χ2n) is 4.94. The number of aryl methyl sites for hydroxylation is 2. The molecule has 21 heavy (non-hydrogen) atoms. The molecule has 2 rings (SSSR count). The third-order valence-corrected chi connectivity index (χ3v) is 3.52. The van der Waals surface area contributed by atoms with Crippen molar-refractivity contribution in [2.75, 3.05) is 0 Å². The number of hydrogen-bond donors (Lipinski definition) is 0. The Bertz CT molecular complexity index is 708. The number of halogens is 2. The van der Waals surface area contributed by atoms with Gasteiger partial charge in [-0.25, -0.2) is 4.39 Å². The Hall–Kier alpha value is -2.18. The standard InChI is InChI=1S/C17H13ClFNO/c1-10-6-11(2)8-12(7-10)17(21)13(9-20)16-14(18)4-3-5-15(16)19/h3-8,13H,1-2H3. The number of benzene rings is 2. The van der Waals surface area contributed by atoms with E-state index in [0.29, 0.717) is 5.56 Å². The van der Waals surface area contributed by atoms with Gasteiger partial charge < -0.3 is 0 Å². The third kappa shape index (κ3) is 3.12. The molecule has 4 heteroatoms. The quantitative estimate of drug-likeness (QED) is 0.778. The molecule has 0 radical (unpaired) electrons. The molecule has 2 aromatic carbocycles.